The highest BCUT2D eigenvalue weighted by Crippen LogP contribution is 2.40. The summed E-state index contributed by atoms with van der Waals surface area (Å²) in [5.41, 5.74) is 30.2. The first kappa shape index (κ1) is 66.0. The van der Waals surface area contributed by atoms with E-state index in [0.29, 0.717) is 0 Å². The number of rotatable bonds is 22. The molecule has 2 nitrogen and oxygen atoms in total. The van der Waals surface area contributed by atoms with Crippen LogP contribution in [0.3, 0.4) is 0 Å². The van der Waals surface area contributed by atoms with Crippen LogP contribution in [0.5, 0.6) is 0 Å². The molecule has 0 spiro atoms. The zero-order valence-corrected chi connectivity index (χ0v) is 57.2. The number of nitrogens with zero attached hydrogens (tertiary/aromatic N) is 2. The number of hydrogen-bond donors (Lipinski definition) is 0. The topological polar surface area (TPSA) is 6.48 Å². The van der Waals surface area contributed by atoms with Crippen LogP contribution < -0.4 is 9.80 Å². The summed E-state index contributed by atoms with van der Waals surface area (Å²) in [6, 6.07) is 117. The van der Waals surface area contributed by atoms with Gasteiger partial charge in [-0.2, -0.15) is 0 Å². The van der Waals surface area contributed by atoms with Gasteiger partial charge in [-0.1, -0.05) is 357 Å². The van der Waals surface area contributed by atoms with Gasteiger partial charge in [0.1, 0.15) is 0 Å². The van der Waals surface area contributed by atoms with Crippen LogP contribution in [0.4, 0.5) is 34.1 Å². The third-order valence-electron chi connectivity index (χ3n) is 17.9. The van der Waals surface area contributed by atoms with E-state index in [4.69, 9.17) is 0 Å². The molecule has 0 aromatic heterocycles. The summed E-state index contributed by atoms with van der Waals surface area (Å²) in [4.78, 5) is 4.71. The lowest BCUT2D eigenvalue weighted by molar-refractivity contribution is 1.24. The van der Waals surface area contributed by atoms with Gasteiger partial charge in [0.2, 0.25) is 0 Å². The van der Waals surface area contributed by atoms with E-state index in [2.05, 4.69) is 450 Å². The molecule has 0 fully saturated rings. The molecular formula is C98H80N2. The van der Waals surface area contributed by atoms with Crippen molar-refractivity contribution < 1.29 is 0 Å². The van der Waals surface area contributed by atoms with E-state index < -0.39 is 0 Å². The molecule has 0 aliphatic rings. The molecule has 0 radical (unpaired) electrons. The van der Waals surface area contributed by atoms with E-state index in [1.165, 1.54) is 55.7 Å². The Bertz CT molecular complexity index is 5030. The second-order valence-corrected chi connectivity index (χ2v) is 25.3. The molecule has 13 aromatic rings. The minimum absolute atomic E-state index is 1.10. The molecule has 0 aliphatic heterocycles. The maximum Gasteiger partial charge on any atom is 0.0490 e. The fourth-order valence-electron chi connectivity index (χ4n) is 12.6. The van der Waals surface area contributed by atoms with Gasteiger partial charge in [-0.15, -0.1) is 0 Å². The Hall–Kier alpha value is -12.6. The SMILES string of the molecule is Cc1ccc(N(c2ccc(/C=C/c3ccc(/C=C/C=C(c4ccccc4)c4ccccc4)cc3)cc2)c2ccc(/C=C/c3ccc(/C=C/c4ccc(N(c5ccc(/C=C/c6cccc(/C=C/C=C(c7ccccc7)c7ccccc7)c6)cc5)c5ccc(C)cc5C)cc4)cc3)cc2)c(C)c1. The van der Waals surface area contributed by atoms with Crippen molar-refractivity contribution in [1.82, 2.24) is 0 Å². The van der Waals surface area contributed by atoms with Crippen LogP contribution in [-0.2, 0) is 0 Å². The van der Waals surface area contributed by atoms with Crippen molar-refractivity contribution in [3.8, 4) is 0 Å². The van der Waals surface area contributed by atoms with Crippen molar-refractivity contribution in [3.63, 3.8) is 0 Å². The highest BCUT2D eigenvalue weighted by molar-refractivity contribution is 5.86. The zero-order chi connectivity index (χ0) is 68.2. The Balaban J connectivity index is 0.637. The summed E-state index contributed by atoms with van der Waals surface area (Å²) in [7, 11) is 0. The third kappa shape index (κ3) is 17.3. The molecule has 0 bridgehead atoms. The summed E-state index contributed by atoms with van der Waals surface area (Å²) in [6.45, 7) is 8.70. The van der Waals surface area contributed by atoms with Gasteiger partial charge in [0.25, 0.3) is 0 Å². The summed E-state index contributed by atoms with van der Waals surface area (Å²) >= 11 is 0. The van der Waals surface area contributed by atoms with Crippen molar-refractivity contribution in [2.75, 3.05) is 9.80 Å². The van der Waals surface area contributed by atoms with Crippen LogP contribution in [-0.4, -0.2) is 0 Å². The minimum Gasteiger partial charge on any atom is -0.310 e. The molecule has 482 valence electrons. The lowest BCUT2D eigenvalue weighted by atomic mass is 9.97. The molecule has 13 aromatic carbocycles. The first-order valence-corrected chi connectivity index (χ1v) is 34.3. The smallest absolute Gasteiger partial charge is 0.0490 e. The van der Waals surface area contributed by atoms with Gasteiger partial charge in [-0.25, -0.2) is 0 Å². The minimum atomic E-state index is 1.10. The fourth-order valence-corrected chi connectivity index (χ4v) is 12.6. The van der Waals surface area contributed by atoms with Gasteiger partial charge in [-0.05, 0) is 195 Å². The molecule has 0 N–H and O–H groups in total. The summed E-state index contributed by atoms with van der Waals surface area (Å²) in [5, 5.41) is 0. The molecule has 0 unspecified atom stereocenters. The lowest BCUT2D eigenvalue weighted by Crippen LogP contribution is -2.11. The summed E-state index contributed by atoms with van der Waals surface area (Å²) in [6.07, 6.45) is 30.6. The van der Waals surface area contributed by atoms with Gasteiger partial charge in [-0.3, -0.25) is 0 Å². The highest BCUT2D eigenvalue weighted by atomic mass is 15.1. The fraction of sp³-hybridized carbons (Fsp3) is 0.0408. The zero-order valence-electron chi connectivity index (χ0n) is 57.2. The van der Waals surface area contributed by atoms with Crippen LogP contribution in [0.2, 0.25) is 0 Å². The molecule has 0 amide bonds. The number of aryl methyl sites for hydroxylation is 4. The van der Waals surface area contributed by atoms with Crippen LogP contribution in [0.15, 0.2) is 352 Å². The Labute approximate surface area is 591 Å². The standard InChI is InChI=1S/C98H80N2/c1-73-34-68-97(75(3)70-73)99(91-60-52-81(53-61-91)47-44-78-38-36-77(37-39-78)20-18-32-95(87-24-9-5-10-25-87)88-26-11-6-12-27-88)92-62-54-82(55-63-92)48-45-79-40-42-80(43-41-79)46-49-83-56-64-93(65-57-83)100(98-69-35-74(2)71-76(98)4)94-66-58-84(59-67-94)50-51-86-22-17-21-85(72-86)23-19-33-96(89-28-13-7-14-29-89)90-30-15-8-16-31-90/h5-72H,1-4H3/b20-18+,23-19+,47-44+,48-45+,49-46+,51-50+. The van der Waals surface area contributed by atoms with E-state index >= 15 is 0 Å². The molecule has 13 rings (SSSR count). The molecule has 2 heteroatoms. The van der Waals surface area contributed by atoms with Crippen LogP contribution in [0.25, 0.3) is 71.9 Å². The second kappa shape index (κ2) is 32.4. The van der Waals surface area contributed by atoms with E-state index in [9.17, 15) is 0 Å². The van der Waals surface area contributed by atoms with E-state index in [0.717, 1.165) is 89.8 Å². The van der Waals surface area contributed by atoms with Gasteiger partial charge >= 0.3 is 0 Å². The van der Waals surface area contributed by atoms with Crippen molar-refractivity contribution in [3.05, 3.63) is 452 Å². The normalized spacial score (nSPS) is 11.6. The average Bonchev–Trinajstić information content (AvgIpc) is 0.801. The summed E-state index contributed by atoms with van der Waals surface area (Å²) in [5.74, 6) is 0. The Morgan fingerprint density at radius 1 is 0.210 bits per heavy atom. The van der Waals surface area contributed by atoms with Gasteiger partial charge < -0.3 is 9.80 Å². The predicted octanol–water partition coefficient (Wildman–Crippen LogP) is 26.8. The molecule has 100 heavy (non-hydrogen) atoms. The van der Waals surface area contributed by atoms with Gasteiger partial charge in [0, 0.05) is 34.1 Å². The molecule has 0 aliphatic carbocycles. The van der Waals surface area contributed by atoms with Crippen molar-refractivity contribution >= 4 is 106 Å². The maximum absolute atomic E-state index is 2.36. The highest BCUT2D eigenvalue weighted by Gasteiger charge is 2.17. The molecule has 0 saturated carbocycles. The Morgan fingerprint density at radius 2 is 0.450 bits per heavy atom. The van der Waals surface area contributed by atoms with Gasteiger partial charge in [0.05, 0.1) is 0 Å². The van der Waals surface area contributed by atoms with Crippen LogP contribution >= 0.6 is 0 Å². The van der Waals surface area contributed by atoms with E-state index in [1.54, 1.807) is 0 Å². The number of hydrogen-bond acceptors (Lipinski definition) is 2. The number of benzene rings is 13. The molecule has 0 atom stereocenters. The first-order valence-electron chi connectivity index (χ1n) is 34.3. The average molecular weight is 1290 g/mol. The number of allylic oxidation sites excluding steroid dienone is 4. The van der Waals surface area contributed by atoms with Crippen molar-refractivity contribution in [2.45, 2.75) is 27.7 Å². The second-order valence-electron chi connectivity index (χ2n) is 25.3. The maximum atomic E-state index is 2.36. The first-order chi connectivity index (χ1) is 49.2. The van der Waals surface area contributed by atoms with E-state index in [1.807, 2.05) is 0 Å². The predicted molar refractivity (Wildman–Crippen MR) is 434 cm³/mol. The largest absolute Gasteiger partial charge is 0.310 e. The van der Waals surface area contributed by atoms with E-state index in [-0.39, 0.29) is 0 Å². The lowest BCUT2D eigenvalue weighted by Gasteiger charge is -2.27. The van der Waals surface area contributed by atoms with Crippen LogP contribution in [0, 0.1) is 27.7 Å². The van der Waals surface area contributed by atoms with Crippen molar-refractivity contribution in [1.29, 1.82) is 0 Å². The number of anilines is 6. The molecule has 0 saturated heterocycles. The van der Waals surface area contributed by atoms with Crippen molar-refractivity contribution in [2.24, 2.45) is 0 Å². The third-order valence-corrected chi connectivity index (χ3v) is 17.9. The Kier molecular flexibility index (Phi) is 21.4. The Morgan fingerprint density at radius 3 is 0.730 bits per heavy atom. The molecular weight excluding hydrogens is 1210 g/mol. The molecule has 0 heterocycles. The van der Waals surface area contributed by atoms with Crippen LogP contribution in [0.1, 0.15) is 100 Å². The summed E-state index contributed by atoms with van der Waals surface area (Å²) < 4.78 is 0. The monoisotopic (exact) mass is 1280 g/mol. The quantitative estimate of drug-likeness (QED) is 0.0493. The van der Waals surface area contributed by atoms with Gasteiger partial charge in [0.15, 0.2) is 0 Å².